The van der Waals surface area contributed by atoms with Crippen LogP contribution in [0.3, 0.4) is 0 Å². The van der Waals surface area contributed by atoms with Crippen molar-refractivity contribution in [3.63, 3.8) is 0 Å². The largest absolute Gasteiger partial charge is 0.497 e. The van der Waals surface area contributed by atoms with Crippen LogP contribution >= 0.6 is 0 Å². The molecule has 0 bridgehead atoms. The van der Waals surface area contributed by atoms with E-state index in [1.807, 2.05) is 60.4 Å². The third kappa shape index (κ3) is 3.98. The third-order valence-corrected chi connectivity index (χ3v) is 3.97. The molecule has 0 saturated carbocycles. The summed E-state index contributed by atoms with van der Waals surface area (Å²) in [5.41, 5.74) is 1.75. The molecule has 0 N–H and O–H groups in total. The van der Waals surface area contributed by atoms with Gasteiger partial charge in [-0.1, -0.05) is 12.1 Å². The lowest BCUT2D eigenvalue weighted by molar-refractivity contribution is -0.117. The van der Waals surface area contributed by atoms with Crippen molar-refractivity contribution in [2.24, 2.45) is 0 Å². The molecule has 0 aliphatic carbocycles. The average Bonchev–Trinajstić information content (AvgIpc) is 2.65. The standard InChI is InChI=1S/C19H24N2O3/c1-5-21(17-8-6-7-9-18(17)24-4)14-19(22)20(2)15-10-12-16(23-3)13-11-15/h6-13H,5,14H2,1-4H3. The molecule has 0 aromatic heterocycles. The number of ether oxygens (including phenoxy) is 2. The molecule has 0 spiro atoms. The number of carbonyl (C=O) groups is 1. The van der Waals surface area contributed by atoms with Gasteiger partial charge in [0.15, 0.2) is 0 Å². The number of methoxy groups -OCH3 is 2. The number of anilines is 2. The van der Waals surface area contributed by atoms with Crippen molar-refractivity contribution in [1.29, 1.82) is 0 Å². The van der Waals surface area contributed by atoms with E-state index < -0.39 is 0 Å². The van der Waals surface area contributed by atoms with Crippen LogP contribution in [0.15, 0.2) is 48.5 Å². The summed E-state index contributed by atoms with van der Waals surface area (Å²) >= 11 is 0. The lowest BCUT2D eigenvalue weighted by Crippen LogP contribution is -2.38. The smallest absolute Gasteiger partial charge is 0.246 e. The van der Waals surface area contributed by atoms with E-state index in [1.165, 1.54) is 0 Å². The number of carbonyl (C=O) groups excluding carboxylic acids is 1. The van der Waals surface area contributed by atoms with Crippen molar-refractivity contribution in [3.05, 3.63) is 48.5 Å². The summed E-state index contributed by atoms with van der Waals surface area (Å²) < 4.78 is 10.5. The highest BCUT2D eigenvalue weighted by molar-refractivity contribution is 5.96. The number of nitrogens with zero attached hydrogens (tertiary/aromatic N) is 2. The summed E-state index contributed by atoms with van der Waals surface area (Å²) in [5, 5.41) is 0. The fraction of sp³-hybridized carbons (Fsp3) is 0.316. The van der Waals surface area contributed by atoms with E-state index in [0.717, 1.165) is 22.9 Å². The monoisotopic (exact) mass is 328 g/mol. The Morgan fingerprint density at radius 2 is 1.67 bits per heavy atom. The van der Waals surface area contributed by atoms with Gasteiger partial charge in [-0.2, -0.15) is 0 Å². The number of benzene rings is 2. The minimum absolute atomic E-state index is 0.00734. The molecule has 0 aliphatic heterocycles. The summed E-state index contributed by atoms with van der Waals surface area (Å²) in [7, 11) is 5.04. The van der Waals surface area contributed by atoms with Crippen molar-refractivity contribution >= 4 is 17.3 Å². The van der Waals surface area contributed by atoms with Gasteiger partial charge in [0.25, 0.3) is 0 Å². The first-order valence-corrected chi connectivity index (χ1v) is 7.89. The molecule has 2 aromatic carbocycles. The van der Waals surface area contributed by atoms with Gasteiger partial charge in [-0.3, -0.25) is 4.79 Å². The summed E-state index contributed by atoms with van der Waals surface area (Å²) in [5.74, 6) is 1.54. The van der Waals surface area contributed by atoms with Gasteiger partial charge >= 0.3 is 0 Å². The maximum atomic E-state index is 12.7. The van der Waals surface area contributed by atoms with Crippen molar-refractivity contribution in [1.82, 2.24) is 0 Å². The molecule has 24 heavy (non-hydrogen) atoms. The average molecular weight is 328 g/mol. The second-order valence-corrected chi connectivity index (χ2v) is 5.34. The van der Waals surface area contributed by atoms with Crippen LogP contribution in [0.1, 0.15) is 6.92 Å². The molecule has 0 fully saturated rings. The van der Waals surface area contributed by atoms with Crippen molar-refractivity contribution in [2.75, 3.05) is 44.2 Å². The fourth-order valence-corrected chi connectivity index (χ4v) is 2.48. The molecule has 0 atom stereocenters. The van der Waals surface area contributed by atoms with Crippen molar-refractivity contribution < 1.29 is 14.3 Å². The third-order valence-electron chi connectivity index (χ3n) is 3.97. The van der Waals surface area contributed by atoms with Crippen LogP contribution in [-0.4, -0.2) is 40.3 Å². The molecule has 2 rings (SSSR count). The zero-order valence-corrected chi connectivity index (χ0v) is 14.7. The summed E-state index contributed by atoms with van der Waals surface area (Å²) in [4.78, 5) is 16.3. The minimum atomic E-state index is 0.00734. The van der Waals surface area contributed by atoms with Crippen LogP contribution in [0, 0.1) is 0 Å². The minimum Gasteiger partial charge on any atom is -0.497 e. The molecule has 0 aliphatic rings. The van der Waals surface area contributed by atoms with Crippen LogP contribution in [-0.2, 0) is 4.79 Å². The van der Waals surface area contributed by atoms with E-state index >= 15 is 0 Å². The molecule has 128 valence electrons. The number of hydrogen-bond acceptors (Lipinski definition) is 4. The van der Waals surface area contributed by atoms with Crippen molar-refractivity contribution in [2.45, 2.75) is 6.92 Å². The maximum Gasteiger partial charge on any atom is 0.246 e. The molecule has 1 amide bonds. The lowest BCUT2D eigenvalue weighted by Gasteiger charge is -2.27. The predicted molar refractivity (Wildman–Crippen MR) is 97.3 cm³/mol. The molecular weight excluding hydrogens is 304 g/mol. The molecule has 0 heterocycles. The summed E-state index contributed by atoms with van der Waals surface area (Å²) in [6.07, 6.45) is 0. The molecule has 2 aromatic rings. The Bertz CT molecular complexity index is 671. The van der Waals surface area contributed by atoms with Crippen LogP contribution in [0.25, 0.3) is 0 Å². The van der Waals surface area contributed by atoms with Gasteiger partial charge < -0.3 is 19.3 Å². The van der Waals surface area contributed by atoms with Crippen LogP contribution in [0.4, 0.5) is 11.4 Å². The van der Waals surface area contributed by atoms with E-state index in [1.54, 1.807) is 26.2 Å². The highest BCUT2D eigenvalue weighted by atomic mass is 16.5. The Balaban J connectivity index is 2.13. The first-order valence-electron chi connectivity index (χ1n) is 7.89. The Morgan fingerprint density at radius 1 is 1.00 bits per heavy atom. The molecule has 5 heteroatoms. The number of hydrogen-bond donors (Lipinski definition) is 0. The Morgan fingerprint density at radius 3 is 2.25 bits per heavy atom. The van der Waals surface area contributed by atoms with E-state index in [2.05, 4.69) is 0 Å². The van der Waals surface area contributed by atoms with Crippen LogP contribution in [0.5, 0.6) is 11.5 Å². The van der Waals surface area contributed by atoms with Crippen molar-refractivity contribution in [3.8, 4) is 11.5 Å². The van der Waals surface area contributed by atoms with Gasteiger partial charge in [0, 0.05) is 19.3 Å². The van der Waals surface area contributed by atoms with E-state index in [-0.39, 0.29) is 12.5 Å². The van der Waals surface area contributed by atoms with E-state index in [4.69, 9.17) is 9.47 Å². The summed E-state index contributed by atoms with van der Waals surface area (Å²) in [6.45, 7) is 3.01. The normalized spacial score (nSPS) is 10.2. The topological polar surface area (TPSA) is 42.0 Å². The zero-order valence-electron chi connectivity index (χ0n) is 14.7. The molecular formula is C19H24N2O3. The van der Waals surface area contributed by atoms with Gasteiger partial charge in [0.1, 0.15) is 11.5 Å². The Kier molecular flexibility index (Phi) is 6.07. The Hall–Kier alpha value is -2.69. The van der Waals surface area contributed by atoms with Gasteiger partial charge in [-0.15, -0.1) is 0 Å². The second-order valence-electron chi connectivity index (χ2n) is 5.34. The van der Waals surface area contributed by atoms with Gasteiger partial charge in [0.05, 0.1) is 26.5 Å². The first kappa shape index (κ1) is 17.7. The van der Waals surface area contributed by atoms with Crippen LogP contribution < -0.4 is 19.3 Å². The highest BCUT2D eigenvalue weighted by Crippen LogP contribution is 2.27. The molecule has 0 saturated heterocycles. The fourth-order valence-electron chi connectivity index (χ4n) is 2.48. The number of rotatable bonds is 7. The maximum absolute atomic E-state index is 12.7. The van der Waals surface area contributed by atoms with E-state index in [9.17, 15) is 4.79 Å². The zero-order chi connectivity index (χ0) is 17.5. The number of para-hydroxylation sites is 2. The quantitative estimate of drug-likeness (QED) is 0.783. The van der Waals surface area contributed by atoms with Gasteiger partial charge in [0.2, 0.25) is 5.91 Å². The van der Waals surface area contributed by atoms with Gasteiger partial charge in [-0.25, -0.2) is 0 Å². The highest BCUT2D eigenvalue weighted by Gasteiger charge is 2.17. The Labute approximate surface area is 143 Å². The van der Waals surface area contributed by atoms with E-state index in [0.29, 0.717) is 6.54 Å². The molecule has 0 radical (unpaired) electrons. The first-order chi connectivity index (χ1) is 11.6. The summed E-state index contributed by atoms with van der Waals surface area (Å²) in [6, 6.07) is 15.2. The van der Waals surface area contributed by atoms with Gasteiger partial charge in [-0.05, 0) is 43.3 Å². The molecule has 5 nitrogen and oxygen atoms in total. The number of likely N-dealkylation sites (N-methyl/N-ethyl adjacent to an activating group) is 2. The van der Waals surface area contributed by atoms with Crippen LogP contribution in [0.2, 0.25) is 0 Å². The number of amides is 1. The molecule has 0 unspecified atom stereocenters. The predicted octanol–water partition coefficient (Wildman–Crippen LogP) is 3.19. The lowest BCUT2D eigenvalue weighted by atomic mass is 10.2. The SMILES string of the molecule is CCN(CC(=O)N(C)c1ccc(OC)cc1)c1ccccc1OC. The second kappa shape index (κ2) is 8.24.